The van der Waals surface area contributed by atoms with E-state index in [1.807, 2.05) is 11.9 Å². The molecule has 0 aromatic heterocycles. The van der Waals surface area contributed by atoms with Crippen molar-refractivity contribution in [3.05, 3.63) is 53.6 Å². The molecule has 2 aromatic rings. The number of amides is 2. The molecule has 152 valence electrons. The van der Waals surface area contributed by atoms with Gasteiger partial charge in [-0.2, -0.15) is 0 Å². The Morgan fingerprint density at radius 3 is 2.55 bits per heavy atom. The number of carbonyl (C=O) groups is 2. The van der Waals surface area contributed by atoms with Crippen molar-refractivity contribution >= 4 is 33.2 Å². The third-order valence-electron chi connectivity index (χ3n) is 5.49. The minimum atomic E-state index is -3.79. The normalized spacial score (nSPS) is 18.8. The molecule has 0 spiro atoms. The predicted octanol–water partition coefficient (Wildman–Crippen LogP) is 1.99. The van der Waals surface area contributed by atoms with E-state index in [-0.39, 0.29) is 22.9 Å². The summed E-state index contributed by atoms with van der Waals surface area (Å²) in [5.74, 6) is -0.337. The number of nitrogens with one attached hydrogen (secondary N) is 1. The van der Waals surface area contributed by atoms with Crippen LogP contribution >= 0.6 is 0 Å². The first kappa shape index (κ1) is 19.4. The van der Waals surface area contributed by atoms with Crippen LogP contribution < -0.4 is 15.4 Å². The summed E-state index contributed by atoms with van der Waals surface area (Å²) in [5, 5.41) is 7.82. The number of rotatable bonds is 3. The maximum Gasteiger partial charge on any atom is 0.257 e. The average molecular weight is 414 g/mol. The molecule has 2 heterocycles. The van der Waals surface area contributed by atoms with Crippen molar-refractivity contribution in [2.45, 2.75) is 30.3 Å². The van der Waals surface area contributed by atoms with Gasteiger partial charge in [0.25, 0.3) is 11.8 Å². The first-order valence-corrected chi connectivity index (χ1v) is 10.9. The van der Waals surface area contributed by atoms with E-state index in [1.54, 1.807) is 18.2 Å². The van der Waals surface area contributed by atoms with Crippen LogP contribution in [-0.4, -0.2) is 44.9 Å². The number of carbonyl (C=O) groups excluding carboxylic acids is 2. The van der Waals surface area contributed by atoms with Crippen LogP contribution in [0, 0.1) is 0 Å². The number of nitrogens with zero attached hydrogens (tertiary/aromatic N) is 2. The van der Waals surface area contributed by atoms with Crippen LogP contribution in [0.4, 0.5) is 11.4 Å². The molecule has 0 unspecified atom stereocenters. The second-order valence-electron chi connectivity index (χ2n) is 7.34. The molecule has 4 rings (SSSR count). The van der Waals surface area contributed by atoms with Crippen LogP contribution in [0.2, 0.25) is 0 Å². The van der Waals surface area contributed by atoms with Gasteiger partial charge in [0.2, 0.25) is 10.0 Å². The second kappa shape index (κ2) is 7.16. The zero-order valence-electron chi connectivity index (χ0n) is 16.0. The fourth-order valence-corrected chi connectivity index (χ4v) is 4.46. The fourth-order valence-electron chi connectivity index (χ4n) is 3.95. The lowest BCUT2D eigenvalue weighted by Gasteiger charge is -2.46. The van der Waals surface area contributed by atoms with Crippen molar-refractivity contribution in [1.29, 1.82) is 0 Å². The summed E-state index contributed by atoms with van der Waals surface area (Å²) in [6, 6.07) is 10.7. The van der Waals surface area contributed by atoms with Gasteiger partial charge in [-0.25, -0.2) is 13.6 Å². The number of primary sulfonamides is 1. The summed E-state index contributed by atoms with van der Waals surface area (Å²) in [6.45, 7) is 0.754. The highest BCUT2D eigenvalue weighted by atomic mass is 32.2. The Hall–Kier alpha value is -2.91. The molecule has 1 saturated heterocycles. The Balaban J connectivity index is 1.58. The highest BCUT2D eigenvalue weighted by Crippen LogP contribution is 2.34. The Kier molecular flexibility index (Phi) is 4.79. The largest absolute Gasteiger partial charge is 0.354 e. The van der Waals surface area contributed by atoms with E-state index < -0.39 is 10.0 Å². The molecule has 1 atom stereocenters. The number of hydrogen-bond donors (Lipinski definition) is 2. The maximum atomic E-state index is 12.8. The molecule has 2 aliphatic heterocycles. The maximum absolute atomic E-state index is 12.8. The molecule has 8 nitrogen and oxygen atoms in total. The van der Waals surface area contributed by atoms with Crippen molar-refractivity contribution in [1.82, 2.24) is 4.90 Å². The zero-order valence-corrected chi connectivity index (χ0v) is 16.8. The summed E-state index contributed by atoms with van der Waals surface area (Å²) in [5.41, 5.74) is 2.21. The third-order valence-corrected chi connectivity index (χ3v) is 6.42. The first-order chi connectivity index (χ1) is 13.8. The number of benzene rings is 2. The van der Waals surface area contributed by atoms with E-state index in [0.717, 1.165) is 31.5 Å². The summed E-state index contributed by atoms with van der Waals surface area (Å²) in [7, 11) is -1.84. The number of fused-ring (bicyclic) bond motifs is 2. The lowest BCUT2D eigenvalue weighted by Crippen LogP contribution is -2.55. The Bertz CT molecular complexity index is 1080. The van der Waals surface area contributed by atoms with Crippen molar-refractivity contribution in [2.75, 3.05) is 23.8 Å². The van der Waals surface area contributed by atoms with Gasteiger partial charge in [-0.1, -0.05) is 0 Å². The standard InChI is InChI=1S/C20H22N4O4S/c1-23-17-12-13(5-10-16(17)20(26)24-11-3-2-4-18(23)24)19(25)22-14-6-8-15(9-7-14)29(21,27)28/h5-10,12,18H,2-4,11H2,1H3,(H,22,25)(H2,21,27,28)/t18-/m1/s1. The van der Waals surface area contributed by atoms with Gasteiger partial charge < -0.3 is 15.1 Å². The Morgan fingerprint density at radius 2 is 1.86 bits per heavy atom. The minimum Gasteiger partial charge on any atom is -0.354 e. The summed E-state index contributed by atoms with van der Waals surface area (Å²) < 4.78 is 22.7. The smallest absolute Gasteiger partial charge is 0.257 e. The molecular formula is C20H22N4O4S. The molecule has 0 saturated carbocycles. The summed E-state index contributed by atoms with van der Waals surface area (Å²) in [6.07, 6.45) is 3.01. The highest BCUT2D eigenvalue weighted by Gasteiger charge is 2.37. The lowest BCUT2D eigenvalue weighted by molar-refractivity contribution is 0.0589. The number of piperidine rings is 1. The highest BCUT2D eigenvalue weighted by molar-refractivity contribution is 7.89. The number of sulfonamides is 1. The SMILES string of the molecule is CN1c2cc(C(=O)Nc3ccc(S(N)(=O)=O)cc3)ccc2C(=O)N2CCCC[C@@H]21. The molecule has 29 heavy (non-hydrogen) atoms. The number of anilines is 2. The monoisotopic (exact) mass is 414 g/mol. The molecule has 2 aliphatic rings. The molecule has 0 radical (unpaired) electrons. The number of hydrogen-bond acceptors (Lipinski definition) is 5. The first-order valence-electron chi connectivity index (χ1n) is 9.38. The zero-order chi connectivity index (χ0) is 20.8. The lowest BCUT2D eigenvalue weighted by atomic mass is 9.97. The van der Waals surface area contributed by atoms with Crippen molar-refractivity contribution in [2.24, 2.45) is 5.14 Å². The predicted molar refractivity (Wildman–Crippen MR) is 109 cm³/mol. The molecule has 1 fully saturated rings. The number of nitrogens with two attached hydrogens (primary N) is 1. The summed E-state index contributed by atoms with van der Waals surface area (Å²) in [4.78, 5) is 29.4. The van der Waals surface area contributed by atoms with Gasteiger partial charge in [-0.3, -0.25) is 9.59 Å². The molecule has 3 N–H and O–H groups in total. The molecule has 0 aliphatic carbocycles. The Labute approximate surface area is 169 Å². The van der Waals surface area contributed by atoms with Crippen molar-refractivity contribution in [3.63, 3.8) is 0 Å². The van der Waals surface area contributed by atoms with Gasteiger partial charge >= 0.3 is 0 Å². The van der Waals surface area contributed by atoms with E-state index in [0.29, 0.717) is 16.8 Å². The van der Waals surface area contributed by atoms with Crippen LogP contribution in [0.25, 0.3) is 0 Å². The van der Waals surface area contributed by atoms with Gasteiger partial charge in [0.1, 0.15) is 6.17 Å². The average Bonchev–Trinajstić information content (AvgIpc) is 2.71. The van der Waals surface area contributed by atoms with Crippen LogP contribution in [0.15, 0.2) is 47.4 Å². The molecule has 0 bridgehead atoms. The van der Waals surface area contributed by atoms with Gasteiger partial charge in [0.15, 0.2) is 0 Å². The third kappa shape index (κ3) is 3.58. The molecule has 2 amide bonds. The van der Waals surface area contributed by atoms with Gasteiger partial charge in [-0.15, -0.1) is 0 Å². The van der Waals surface area contributed by atoms with E-state index in [2.05, 4.69) is 10.2 Å². The van der Waals surface area contributed by atoms with Crippen molar-refractivity contribution < 1.29 is 18.0 Å². The topological polar surface area (TPSA) is 113 Å². The molecule has 2 aromatic carbocycles. The van der Waals surface area contributed by atoms with E-state index in [9.17, 15) is 18.0 Å². The van der Waals surface area contributed by atoms with Crippen LogP contribution in [-0.2, 0) is 10.0 Å². The van der Waals surface area contributed by atoms with Gasteiger partial charge in [-0.05, 0) is 61.7 Å². The van der Waals surface area contributed by atoms with Crippen molar-refractivity contribution in [3.8, 4) is 0 Å². The Morgan fingerprint density at radius 1 is 1.14 bits per heavy atom. The van der Waals surface area contributed by atoms with Gasteiger partial charge in [0.05, 0.1) is 16.1 Å². The van der Waals surface area contributed by atoms with E-state index in [4.69, 9.17) is 5.14 Å². The molecular weight excluding hydrogens is 392 g/mol. The van der Waals surface area contributed by atoms with E-state index in [1.165, 1.54) is 24.3 Å². The van der Waals surface area contributed by atoms with E-state index >= 15 is 0 Å². The van der Waals surface area contributed by atoms with Crippen LogP contribution in [0.5, 0.6) is 0 Å². The quantitative estimate of drug-likeness (QED) is 0.798. The summed E-state index contributed by atoms with van der Waals surface area (Å²) >= 11 is 0. The van der Waals surface area contributed by atoms with Crippen LogP contribution in [0.1, 0.15) is 40.0 Å². The molecule has 9 heteroatoms. The minimum absolute atomic E-state index is 0.00772. The fraction of sp³-hybridized carbons (Fsp3) is 0.300. The second-order valence-corrected chi connectivity index (χ2v) is 8.90. The van der Waals surface area contributed by atoms with Gasteiger partial charge in [0, 0.05) is 24.8 Å². The van der Waals surface area contributed by atoms with Crippen LogP contribution in [0.3, 0.4) is 0 Å².